The Morgan fingerprint density at radius 2 is 1.74 bits per heavy atom. The van der Waals surface area contributed by atoms with Crippen molar-refractivity contribution in [2.24, 2.45) is 11.3 Å². The molecule has 110 valence electrons. The van der Waals surface area contributed by atoms with Crippen LogP contribution in [-0.4, -0.2) is 23.7 Å². The van der Waals surface area contributed by atoms with Crippen molar-refractivity contribution in [3.63, 3.8) is 0 Å². The lowest BCUT2D eigenvalue weighted by Gasteiger charge is -2.29. The number of carbonyl (C=O) groups excluding carboxylic acids is 1. The van der Waals surface area contributed by atoms with E-state index >= 15 is 0 Å². The van der Waals surface area contributed by atoms with Crippen molar-refractivity contribution in [3.8, 4) is 0 Å². The predicted molar refractivity (Wildman–Crippen MR) is 72.8 cm³/mol. The van der Waals surface area contributed by atoms with Crippen LogP contribution in [0.2, 0.25) is 0 Å². The number of aliphatic carboxylic acids is 1. The standard InChI is InChI=1S/C15H26O4/c1-3-15(4-2,10-13(16)17)14(18)19-11-12-8-6-5-7-9-12/h12H,3-11H2,1-2H3,(H,16,17). The largest absolute Gasteiger partial charge is 0.481 e. The van der Waals surface area contributed by atoms with Gasteiger partial charge in [-0.1, -0.05) is 33.1 Å². The van der Waals surface area contributed by atoms with Crippen molar-refractivity contribution in [3.05, 3.63) is 0 Å². The Morgan fingerprint density at radius 3 is 2.21 bits per heavy atom. The van der Waals surface area contributed by atoms with E-state index in [4.69, 9.17) is 9.84 Å². The molecule has 4 heteroatoms. The SMILES string of the molecule is CCC(CC)(CC(=O)O)C(=O)OCC1CCCCC1. The average molecular weight is 270 g/mol. The van der Waals surface area contributed by atoms with Crippen LogP contribution in [0.3, 0.4) is 0 Å². The third-order valence-electron chi connectivity index (χ3n) is 4.45. The number of carboxylic acids is 1. The van der Waals surface area contributed by atoms with Crippen LogP contribution in [0.4, 0.5) is 0 Å². The molecule has 0 aliphatic heterocycles. The van der Waals surface area contributed by atoms with E-state index < -0.39 is 11.4 Å². The van der Waals surface area contributed by atoms with E-state index in [1.54, 1.807) is 0 Å². The Morgan fingerprint density at radius 1 is 1.16 bits per heavy atom. The van der Waals surface area contributed by atoms with Crippen molar-refractivity contribution in [2.45, 2.75) is 65.2 Å². The first-order valence-corrected chi connectivity index (χ1v) is 7.43. The van der Waals surface area contributed by atoms with Gasteiger partial charge in [-0.15, -0.1) is 0 Å². The maximum atomic E-state index is 12.2. The molecule has 0 spiro atoms. The predicted octanol–water partition coefficient (Wildman–Crippen LogP) is 3.39. The van der Waals surface area contributed by atoms with E-state index in [2.05, 4.69) is 0 Å². The average Bonchev–Trinajstić information content (AvgIpc) is 2.43. The lowest BCUT2D eigenvalue weighted by atomic mass is 9.79. The highest BCUT2D eigenvalue weighted by molar-refractivity contribution is 5.82. The van der Waals surface area contributed by atoms with Gasteiger partial charge in [-0.25, -0.2) is 0 Å². The number of esters is 1. The summed E-state index contributed by atoms with van der Waals surface area (Å²) in [5.74, 6) is -0.794. The van der Waals surface area contributed by atoms with Crippen LogP contribution in [-0.2, 0) is 14.3 Å². The summed E-state index contributed by atoms with van der Waals surface area (Å²) in [7, 11) is 0. The van der Waals surface area contributed by atoms with Gasteiger partial charge >= 0.3 is 11.9 Å². The van der Waals surface area contributed by atoms with Crippen LogP contribution in [0.15, 0.2) is 0 Å². The van der Waals surface area contributed by atoms with Gasteiger partial charge in [-0.2, -0.15) is 0 Å². The lowest BCUT2D eigenvalue weighted by molar-refractivity contribution is -0.163. The van der Waals surface area contributed by atoms with Crippen LogP contribution in [0.5, 0.6) is 0 Å². The van der Waals surface area contributed by atoms with Gasteiger partial charge in [0.05, 0.1) is 18.4 Å². The zero-order chi connectivity index (χ0) is 14.3. The van der Waals surface area contributed by atoms with Gasteiger partial charge in [0.15, 0.2) is 0 Å². The van der Waals surface area contributed by atoms with Gasteiger partial charge in [0.1, 0.15) is 0 Å². The third-order valence-corrected chi connectivity index (χ3v) is 4.45. The summed E-state index contributed by atoms with van der Waals surface area (Å²) in [6.45, 7) is 4.17. The monoisotopic (exact) mass is 270 g/mol. The fourth-order valence-corrected chi connectivity index (χ4v) is 2.85. The fraction of sp³-hybridized carbons (Fsp3) is 0.867. The van der Waals surface area contributed by atoms with Gasteiger partial charge in [0.25, 0.3) is 0 Å². The van der Waals surface area contributed by atoms with E-state index in [-0.39, 0.29) is 12.4 Å². The summed E-state index contributed by atoms with van der Waals surface area (Å²) >= 11 is 0. The first kappa shape index (κ1) is 16.0. The molecule has 0 aromatic carbocycles. The zero-order valence-corrected chi connectivity index (χ0v) is 12.1. The second-order valence-corrected chi connectivity index (χ2v) is 5.66. The number of hydrogen-bond donors (Lipinski definition) is 1. The first-order valence-electron chi connectivity index (χ1n) is 7.43. The van der Waals surface area contributed by atoms with Crippen LogP contribution in [0.25, 0.3) is 0 Å². The first-order chi connectivity index (χ1) is 9.04. The molecule has 4 nitrogen and oxygen atoms in total. The van der Waals surface area contributed by atoms with Crippen molar-refractivity contribution in [1.29, 1.82) is 0 Å². The molecule has 0 amide bonds. The second-order valence-electron chi connectivity index (χ2n) is 5.66. The minimum Gasteiger partial charge on any atom is -0.481 e. The summed E-state index contributed by atoms with van der Waals surface area (Å²) in [6.07, 6.45) is 6.84. The van der Waals surface area contributed by atoms with Gasteiger partial charge in [0.2, 0.25) is 0 Å². The lowest BCUT2D eigenvalue weighted by Crippen LogP contribution is -2.35. The minimum absolute atomic E-state index is 0.135. The molecule has 0 atom stereocenters. The van der Waals surface area contributed by atoms with Crippen molar-refractivity contribution in [1.82, 2.24) is 0 Å². The van der Waals surface area contributed by atoms with E-state index in [0.29, 0.717) is 25.4 Å². The molecule has 1 N–H and O–H groups in total. The van der Waals surface area contributed by atoms with E-state index in [0.717, 1.165) is 12.8 Å². The molecule has 0 unspecified atom stereocenters. The van der Waals surface area contributed by atoms with Gasteiger partial charge in [0, 0.05) is 0 Å². The van der Waals surface area contributed by atoms with Gasteiger partial charge in [-0.05, 0) is 31.6 Å². The number of rotatable bonds is 7. The highest BCUT2D eigenvalue weighted by Crippen LogP contribution is 2.33. The topological polar surface area (TPSA) is 63.6 Å². The summed E-state index contributed by atoms with van der Waals surface area (Å²) < 4.78 is 5.43. The molecule has 0 aromatic heterocycles. The molecule has 1 fully saturated rings. The Kier molecular flexibility index (Phi) is 6.32. The summed E-state index contributed by atoms with van der Waals surface area (Å²) in [4.78, 5) is 23.2. The normalized spacial score (nSPS) is 17.2. The molecule has 0 heterocycles. The molecule has 1 aliphatic carbocycles. The maximum absolute atomic E-state index is 12.2. The molecule has 19 heavy (non-hydrogen) atoms. The van der Waals surface area contributed by atoms with E-state index in [9.17, 15) is 9.59 Å². The summed E-state index contributed by atoms with van der Waals surface area (Å²) in [6, 6.07) is 0. The number of ether oxygens (including phenoxy) is 1. The van der Waals surface area contributed by atoms with E-state index in [1.807, 2.05) is 13.8 Å². The molecule has 1 aliphatic rings. The number of carboxylic acid groups (broad SMARTS) is 1. The smallest absolute Gasteiger partial charge is 0.312 e. The van der Waals surface area contributed by atoms with Crippen LogP contribution >= 0.6 is 0 Å². The molecule has 0 aromatic rings. The highest BCUT2D eigenvalue weighted by atomic mass is 16.5. The summed E-state index contributed by atoms with van der Waals surface area (Å²) in [5.41, 5.74) is -0.847. The van der Waals surface area contributed by atoms with Gasteiger partial charge in [-0.3, -0.25) is 9.59 Å². The zero-order valence-electron chi connectivity index (χ0n) is 12.1. The second kappa shape index (κ2) is 7.51. The number of hydrogen-bond acceptors (Lipinski definition) is 3. The molecule has 0 radical (unpaired) electrons. The molecule has 1 rings (SSSR count). The van der Waals surface area contributed by atoms with Crippen LogP contribution in [0.1, 0.15) is 65.2 Å². The Balaban J connectivity index is 2.53. The maximum Gasteiger partial charge on any atom is 0.312 e. The summed E-state index contributed by atoms with van der Waals surface area (Å²) in [5, 5.41) is 8.97. The van der Waals surface area contributed by atoms with Gasteiger partial charge < -0.3 is 9.84 Å². The fourth-order valence-electron chi connectivity index (χ4n) is 2.85. The van der Waals surface area contributed by atoms with Crippen LogP contribution < -0.4 is 0 Å². The van der Waals surface area contributed by atoms with Crippen molar-refractivity contribution < 1.29 is 19.4 Å². The van der Waals surface area contributed by atoms with Crippen molar-refractivity contribution >= 4 is 11.9 Å². The molecular formula is C15H26O4. The molecule has 0 bridgehead atoms. The van der Waals surface area contributed by atoms with E-state index in [1.165, 1.54) is 19.3 Å². The third kappa shape index (κ3) is 4.51. The molecular weight excluding hydrogens is 244 g/mol. The Bertz CT molecular complexity index is 301. The van der Waals surface area contributed by atoms with Crippen LogP contribution in [0, 0.1) is 11.3 Å². The molecule has 0 saturated heterocycles. The van der Waals surface area contributed by atoms with Crippen molar-refractivity contribution in [2.75, 3.05) is 6.61 Å². The molecule has 1 saturated carbocycles. The minimum atomic E-state index is -0.932. The quantitative estimate of drug-likeness (QED) is 0.720. The Labute approximate surface area is 115 Å². The highest BCUT2D eigenvalue weighted by Gasteiger charge is 2.39. The Hall–Kier alpha value is -1.06. The number of carbonyl (C=O) groups is 2.